The third-order valence-electron chi connectivity index (χ3n) is 4.87. The van der Waals surface area contributed by atoms with Gasteiger partial charge < -0.3 is 15.5 Å². The van der Waals surface area contributed by atoms with Gasteiger partial charge in [0.15, 0.2) is 0 Å². The Kier molecular flexibility index (Phi) is 10.0. The van der Waals surface area contributed by atoms with Gasteiger partial charge in [0.2, 0.25) is 5.91 Å². The Morgan fingerprint density at radius 2 is 1.85 bits per heavy atom. The van der Waals surface area contributed by atoms with E-state index in [2.05, 4.69) is 15.5 Å². The Morgan fingerprint density at radius 1 is 1.15 bits per heavy atom. The second-order valence-electron chi connectivity index (χ2n) is 6.55. The highest BCUT2D eigenvalue weighted by molar-refractivity contribution is 5.94. The first kappa shape index (κ1) is 23.6. The van der Waals surface area contributed by atoms with Crippen molar-refractivity contribution in [2.75, 3.05) is 45.8 Å². The second-order valence-corrected chi connectivity index (χ2v) is 6.55. The number of nitrogens with zero attached hydrogens (tertiary/aromatic N) is 2. The fraction of sp³-hybridized carbons (Fsp3) is 0.556. The summed E-state index contributed by atoms with van der Waals surface area (Å²) in [4.78, 5) is 28.5. The van der Waals surface area contributed by atoms with Crippen LogP contribution in [-0.2, 0) is 4.79 Å². The molecule has 2 aliphatic rings. The number of rotatable bonds is 5. The molecule has 0 spiro atoms. The minimum Gasteiger partial charge on any atom is -0.351 e. The van der Waals surface area contributed by atoms with Crippen molar-refractivity contribution in [3.8, 4) is 0 Å². The summed E-state index contributed by atoms with van der Waals surface area (Å²) in [6, 6.07) is 5.96. The molecule has 2 amide bonds. The lowest BCUT2D eigenvalue weighted by molar-refractivity contribution is -0.134. The molecule has 27 heavy (non-hydrogen) atoms. The molecule has 1 aromatic rings. The number of halogens is 3. The van der Waals surface area contributed by atoms with E-state index in [9.17, 15) is 14.0 Å². The highest BCUT2D eigenvalue weighted by Crippen LogP contribution is 2.11. The average Bonchev–Trinajstić information content (AvgIpc) is 3.16. The summed E-state index contributed by atoms with van der Waals surface area (Å²) in [5.41, 5.74) is 0.0713. The van der Waals surface area contributed by atoms with Crippen LogP contribution in [0, 0.1) is 5.82 Å². The fourth-order valence-corrected chi connectivity index (χ4v) is 3.38. The van der Waals surface area contributed by atoms with Crippen LogP contribution in [0.15, 0.2) is 24.3 Å². The first-order valence-electron chi connectivity index (χ1n) is 8.92. The molecule has 2 aliphatic heterocycles. The summed E-state index contributed by atoms with van der Waals surface area (Å²) >= 11 is 0. The summed E-state index contributed by atoms with van der Waals surface area (Å²) in [6.45, 7) is 5.13. The van der Waals surface area contributed by atoms with Crippen molar-refractivity contribution >= 4 is 36.6 Å². The van der Waals surface area contributed by atoms with E-state index >= 15 is 0 Å². The van der Waals surface area contributed by atoms with Crippen LogP contribution in [0.3, 0.4) is 0 Å². The van der Waals surface area contributed by atoms with Crippen molar-refractivity contribution in [2.45, 2.75) is 18.9 Å². The quantitative estimate of drug-likeness (QED) is 0.753. The molecule has 2 heterocycles. The minimum atomic E-state index is -0.507. The molecule has 0 saturated carbocycles. The van der Waals surface area contributed by atoms with E-state index in [1.807, 2.05) is 4.90 Å². The molecule has 2 N–H and O–H groups in total. The molecule has 1 aromatic carbocycles. The van der Waals surface area contributed by atoms with Gasteiger partial charge in [-0.25, -0.2) is 4.39 Å². The zero-order chi connectivity index (χ0) is 17.6. The molecular weight excluding hydrogens is 394 g/mol. The lowest BCUT2D eigenvalue weighted by Crippen LogP contribution is -2.53. The normalized spacial score (nSPS) is 19.7. The van der Waals surface area contributed by atoms with Crippen molar-refractivity contribution < 1.29 is 14.0 Å². The van der Waals surface area contributed by atoms with Crippen LogP contribution < -0.4 is 10.6 Å². The maximum atomic E-state index is 13.6. The van der Waals surface area contributed by atoms with E-state index in [0.717, 1.165) is 45.6 Å². The molecule has 2 fully saturated rings. The van der Waals surface area contributed by atoms with Crippen LogP contribution in [0.1, 0.15) is 23.2 Å². The van der Waals surface area contributed by atoms with Crippen molar-refractivity contribution in [1.82, 2.24) is 20.4 Å². The Hall–Kier alpha value is -1.41. The molecule has 6 nitrogen and oxygen atoms in total. The van der Waals surface area contributed by atoms with E-state index in [1.54, 1.807) is 12.1 Å². The maximum Gasteiger partial charge on any atom is 0.254 e. The Bertz CT molecular complexity index is 621. The van der Waals surface area contributed by atoms with Crippen molar-refractivity contribution in [1.29, 1.82) is 0 Å². The van der Waals surface area contributed by atoms with Gasteiger partial charge in [0.25, 0.3) is 5.91 Å². The van der Waals surface area contributed by atoms with Crippen LogP contribution in [-0.4, -0.2) is 73.5 Å². The SMILES string of the molecule is Cl.Cl.O=C(NCCN1CCN(C(=O)C2CCCN2)CC1)c1ccccc1F. The lowest BCUT2D eigenvalue weighted by Gasteiger charge is -2.36. The number of piperazine rings is 1. The van der Waals surface area contributed by atoms with E-state index in [4.69, 9.17) is 0 Å². The molecule has 0 radical (unpaired) electrons. The third kappa shape index (κ3) is 6.31. The monoisotopic (exact) mass is 420 g/mol. The lowest BCUT2D eigenvalue weighted by atomic mass is 10.2. The van der Waals surface area contributed by atoms with E-state index in [0.29, 0.717) is 13.1 Å². The summed E-state index contributed by atoms with van der Waals surface area (Å²) in [7, 11) is 0. The fourth-order valence-electron chi connectivity index (χ4n) is 3.38. The summed E-state index contributed by atoms with van der Waals surface area (Å²) < 4.78 is 13.6. The predicted molar refractivity (Wildman–Crippen MR) is 107 cm³/mol. The van der Waals surface area contributed by atoms with Crippen LogP contribution in [0.5, 0.6) is 0 Å². The van der Waals surface area contributed by atoms with Gasteiger partial charge in [0.1, 0.15) is 5.82 Å². The smallest absolute Gasteiger partial charge is 0.254 e. The number of amides is 2. The zero-order valence-electron chi connectivity index (χ0n) is 15.2. The van der Waals surface area contributed by atoms with Gasteiger partial charge in [-0.15, -0.1) is 24.8 Å². The van der Waals surface area contributed by atoms with Gasteiger partial charge in [-0.1, -0.05) is 12.1 Å². The second kappa shape index (κ2) is 11.4. The number of carbonyl (C=O) groups excluding carboxylic acids is 2. The number of nitrogens with one attached hydrogen (secondary N) is 2. The maximum absolute atomic E-state index is 13.6. The minimum absolute atomic E-state index is 0. The van der Waals surface area contributed by atoms with E-state index in [-0.39, 0.29) is 48.2 Å². The van der Waals surface area contributed by atoms with Gasteiger partial charge in [-0.05, 0) is 31.5 Å². The van der Waals surface area contributed by atoms with Gasteiger partial charge in [-0.2, -0.15) is 0 Å². The molecule has 0 bridgehead atoms. The number of benzene rings is 1. The Morgan fingerprint density at radius 3 is 2.48 bits per heavy atom. The van der Waals surface area contributed by atoms with Gasteiger partial charge >= 0.3 is 0 Å². The molecule has 1 unspecified atom stereocenters. The highest BCUT2D eigenvalue weighted by Gasteiger charge is 2.29. The first-order valence-corrected chi connectivity index (χ1v) is 8.92. The summed E-state index contributed by atoms with van der Waals surface area (Å²) in [5.74, 6) is -0.683. The van der Waals surface area contributed by atoms with Gasteiger partial charge in [-0.3, -0.25) is 14.5 Å². The molecule has 2 saturated heterocycles. The Balaban J connectivity index is 0.00000182. The van der Waals surface area contributed by atoms with Crippen molar-refractivity contribution in [3.05, 3.63) is 35.6 Å². The number of carbonyl (C=O) groups is 2. The standard InChI is InChI=1S/C18H25FN4O2.2ClH/c19-15-5-2-1-4-14(15)17(24)21-8-9-22-10-12-23(13-11-22)18(25)16-6-3-7-20-16;;/h1-2,4-5,16,20H,3,6-13H2,(H,21,24);2*1H. The molecule has 1 atom stereocenters. The Labute approximate surface area is 171 Å². The molecule has 152 valence electrons. The summed E-state index contributed by atoms with van der Waals surface area (Å²) in [6.07, 6.45) is 2.00. The molecule has 0 aromatic heterocycles. The van der Waals surface area contributed by atoms with Crippen LogP contribution >= 0.6 is 24.8 Å². The van der Waals surface area contributed by atoms with Crippen molar-refractivity contribution in [2.24, 2.45) is 0 Å². The molecule has 3 rings (SSSR count). The van der Waals surface area contributed by atoms with Crippen LogP contribution in [0.2, 0.25) is 0 Å². The topological polar surface area (TPSA) is 64.7 Å². The highest BCUT2D eigenvalue weighted by atomic mass is 35.5. The predicted octanol–water partition coefficient (Wildman–Crippen LogP) is 1.30. The van der Waals surface area contributed by atoms with Crippen LogP contribution in [0.4, 0.5) is 4.39 Å². The largest absolute Gasteiger partial charge is 0.351 e. The van der Waals surface area contributed by atoms with E-state index in [1.165, 1.54) is 12.1 Å². The molecular formula is C18H27Cl2FN4O2. The van der Waals surface area contributed by atoms with Crippen molar-refractivity contribution in [3.63, 3.8) is 0 Å². The van der Waals surface area contributed by atoms with Gasteiger partial charge in [0.05, 0.1) is 11.6 Å². The van der Waals surface area contributed by atoms with Crippen LogP contribution in [0.25, 0.3) is 0 Å². The zero-order valence-corrected chi connectivity index (χ0v) is 16.8. The number of hydrogen-bond acceptors (Lipinski definition) is 4. The molecule has 0 aliphatic carbocycles. The molecule has 9 heteroatoms. The first-order chi connectivity index (χ1) is 12.1. The number of hydrogen-bond donors (Lipinski definition) is 2. The van der Waals surface area contributed by atoms with E-state index < -0.39 is 5.82 Å². The summed E-state index contributed by atoms with van der Waals surface area (Å²) in [5, 5.41) is 6.00. The van der Waals surface area contributed by atoms with Gasteiger partial charge in [0, 0.05) is 39.3 Å². The average molecular weight is 421 g/mol. The third-order valence-corrected chi connectivity index (χ3v) is 4.87.